The molecule has 0 aliphatic heterocycles. The molecule has 2 N–H and O–H groups in total. The highest BCUT2D eigenvalue weighted by Crippen LogP contribution is 2.19. The molecule has 0 aliphatic rings. The quantitative estimate of drug-likeness (QED) is 0.802. The number of halogens is 1. The molecule has 3 aromatic rings. The molecule has 3 rings (SSSR count). The minimum absolute atomic E-state index is 0.405. The van der Waals surface area contributed by atoms with E-state index in [2.05, 4.69) is 10.2 Å². The van der Waals surface area contributed by atoms with E-state index in [4.69, 9.17) is 21.8 Å². The molecule has 1 heterocycles. The van der Waals surface area contributed by atoms with E-state index in [1.54, 1.807) is 0 Å². The van der Waals surface area contributed by atoms with Gasteiger partial charge < -0.3 is 10.2 Å². The fraction of sp³-hybridized carbons (Fsp3) is 0.125. The molecule has 0 aliphatic carbocycles. The minimum atomic E-state index is -0.405. The lowest BCUT2D eigenvalue weighted by atomic mass is 10.1. The second-order valence-corrected chi connectivity index (χ2v) is 5.16. The molecule has 1 aromatic heterocycles. The van der Waals surface area contributed by atoms with Crippen molar-refractivity contribution < 1.29 is 4.42 Å². The third-order valence-electron chi connectivity index (χ3n) is 3.18. The van der Waals surface area contributed by atoms with Crippen LogP contribution in [0.4, 0.5) is 0 Å². The van der Waals surface area contributed by atoms with E-state index in [0.29, 0.717) is 23.2 Å². The van der Waals surface area contributed by atoms with Crippen LogP contribution in [-0.4, -0.2) is 10.2 Å². The van der Waals surface area contributed by atoms with Crippen molar-refractivity contribution >= 4 is 11.6 Å². The van der Waals surface area contributed by atoms with Crippen LogP contribution in [0.15, 0.2) is 59.0 Å². The Morgan fingerprint density at radius 1 is 1.00 bits per heavy atom. The third-order valence-corrected chi connectivity index (χ3v) is 3.43. The van der Waals surface area contributed by atoms with Crippen molar-refractivity contribution in [1.82, 2.24) is 10.2 Å². The van der Waals surface area contributed by atoms with E-state index in [9.17, 15) is 0 Å². The van der Waals surface area contributed by atoms with E-state index < -0.39 is 6.04 Å². The van der Waals surface area contributed by atoms with Crippen LogP contribution in [-0.2, 0) is 6.42 Å². The molecule has 1 atom stereocenters. The standard InChI is InChI=1S/C16H14ClN3O/c17-13-8-6-11(7-9-13)10-14-19-20-16(21-14)15(18)12-4-2-1-3-5-12/h1-9,15H,10,18H2. The highest BCUT2D eigenvalue weighted by Gasteiger charge is 2.16. The number of hydrogen-bond acceptors (Lipinski definition) is 4. The average molecular weight is 300 g/mol. The van der Waals surface area contributed by atoms with E-state index in [1.807, 2.05) is 54.6 Å². The normalized spacial score (nSPS) is 12.3. The maximum absolute atomic E-state index is 6.13. The van der Waals surface area contributed by atoms with Crippen molar-refractivity contribution in [3.05, 3.63) is 82.5 Å². The van der Waals surface area contributed by atoms with E-state index in [1.165, 1.54) is 0 Å². The predicted molar refractivity (Wildman–Crippen MR) is 81.0 cm³/mol. The second-order valence-electron chi connectivity index (χ2n) is 4.73. The van der Waals surface area contributed by atoms with Gasteiger partial charge in [0.2, 0.25) is 11.8 Å². The summed E-state index contributed by atoms with van der Waals surface area (Å²) in [5.74, 6) is 0.962. The van der Waals surface area contributed by atoms with E-state index in [-0.39, 0.29) is 0 Å². The molecule has 0 fully saturated rings. The van der Waals surface area contributed by atoms with Gasteiger partial charge in [-0.25, -0.2) is 0 Å². The molecule has 2 aromatic carbocycles. The molecule has 21 heavy (non-hydrogen) atoms. The monoisotopic (exact) mass is 299 g/mol. The molecule has 4 nitrogen and oxygen atoms in total. The average Bonchev–Trinajstić information content (AvgIpc) is 2.98. The summed E-state index contributed by atoms with van der Waals surface area (Å²) in [6.45, 7) is 0. The summed E-state index contributed by atoms with van der Waals surface area (Å²) < 4.78 is 5.65. The fourth-order valence-corrected chi connectivity index (χ4v) is 2.17. The van der Waals surface area contributed by atoms with Gasteiger partial charge in [-0.05, 0) is 23.3 Å². The van der Waals surface area contributed by atoms with Crippen molar-refractivity contribution in [3.8, 4) is 0 Å². The summed E-state index contributed by atoms with van der Waals surface area (Å²) in [5.41, 5.74) is 8.13. The second kappa shape index (κ2) is 6.08. The molecule has 0 saturated carbocycles. The summed E-state index contributed by atoms with van der Waals surface area (Å²) in [6, 6.07) is 16.8. The lowest BCUT2D eigenvalue weighted by molar-refractivity contribution is 0.441. The number of nitrogens with two attached hydrogens (primary N) is 1. The van der Waals surface area contributed by atoms with Gasteiger partial charge in [-0.2, -0.15) is 0 Å². The van der Waals surface area contributed by atoms with Crippen LogP contribution >= 0.6 is 11.6 Å². The number of benzene rings is 2. The third kappa shape index (κ3) is 3.29. The highest BCUT2D eigenvalue weighted by molar-refractivity contribution is 6.30. The largest absolute Gasteiger partial charge is 0.423 e. The van der Waals surface area contributed by atoms with Crippen molar-refractivity contribution in [3.63, 3.8) is 0 Å². The van der Waals surface area contributed by atoms with Crippen LogP contribution in [0.1, 0.15) is 29.0 Å². The first kappa shape index (κ1) is 13.8. The van der Waals surface area contributed by atoms with Gasteiger partial charge in [-0.15, -0.1) is 10.2 Å². The van der Waals surface area contributed by atoms with Gasteiger partial charge in [0, 0.05) is 5.02 Å². The minimum Gasteiger partial charge on any atom is -0.423 e. The Bertz CT molecular complexity index is 710. The predicted octanol–water partition coefficient (Wildman–Crippen LogP) is 3.36. The van der Waals surface area contributed by atoms with Gasteiger partial charge in [-0.1, -0.05) is 54.1 Å². The number of hydrogen-bond donors (Lipinski definition) is 1. The molecule has 106 valence electrons. The van der Waals surface area contributed by atoms with Crippen molar-refractivity contribution in [1.29, 1.82) is 0 Å². The van der Waals surface area contributed by atoms with Crippen molar-refractivity contribution in [2.24, 2.45) is 5.73 Å². The van der Waals surface area contributed by atoms with Crippen LogP contribution in [0.3, 0.4) is 0 Å². The molecule has 1 unspecified atom stereocenters. The van der Waals surface area contributed by atoms with Crippen LogP contribution in [0, 0.1) is 0 Å². The molecule has 0 radical (unpaired) electrons. The molecule has 0 bridgehead atoms. The number of aromatic nitrogens is 2. The maximum atomic E-state index is 6.13. The van der Waals surface area contributed by atoms with Crippen LogP contribution < -0.4 is 5.73 Å². The van der Waals surface area contributed by atoms with Crippen LogP contribution in [0.25, 0.3) is 0 Å². The van der Waals surface area contributed by atoms with Gasteiger partial charge in [-0.3, -0.25) is 0 Å². The lowest BCUT2D eigenvalue weighted by Gasteiger charge is -2.06. The first-order chi connectivity index (χ1) is 10.2. The van der Waals surface area contributed by atoms with Crippen molar-refractivity contribution in [2.75, 3.05) is 0 Å². The Kier molecular flexibility index (Phi) is 3.99. The lowest BCUT2D eigenvalue weighted by Crippen LogP contribution is -2.11. The zero-order valence-electron chi connectivity index (χ0n) is 11.2. The summed E-state index contributed by atoms with van der Waals surface area (Å²) in [6.07, 6.45) is 0.561. The van der Waals surface area contributed by atoms with Gasteiger partial charge in [0.05, 0.1) is 6.42 Å². The first-order valence-corrected chi connectivity index (χ1v) is 6.97. The fourth-order valence-electron chi connectivity index (χ4n) is 2.04. The van der Waals surface area contributed by atoms with Gasteiger partial charge in [0.1, 0.15) is 6.04 Å². The zero-order valence-corrected chi connectivity index (χ0v) is 12.0. The van der Waals surface area contributed by atoms with Gasteiger partial charge in [0.25, 0.3) is 0 Å². The SMILES string of the molecule is NC(c1ccccc1)c1nnc(Cc2ccc(Cl)cc2)o1. The molecular weight excluding hydrogens is 286 g/mol. The van der Waals surface area contributed by atoms with E-state index >= 15 is 0 Å². The Hall–Kier alpha value is -2.17. The Morgan fingerprint density at radius 3 is 2.43 bits per heavy atom. The summed E-state index contributed by atoms with van der Waals surface area (Å²) in [5, 5.41) is 8.79. The van der Waals surface area contributed by atoms with Crippen molar-refractivity contribution in [2.45, 2.75) is 12.5 Å². The highest BCUT2D eigenvalue weighted by atomic mass is 35.5. The summed E-state index contributed by atoms with van der Waals surface area (Å²) in [7, 11) is 0. The number of rotatable bonds is 4. The summed E-state index contributed by atoms with van der Waals surface area (Å²) >= 11 is 5.86. The van der Waals surface area contributed by atoms with Gasteiger partial charge in [0.15, 0.2) is 0 Å². The molecular formula is C16H14ClN3O. The Balaban J connectivity index is 1.75. The molecule has 0 saturated heterocycles. The molecule has 5 heteroatoms. The topological polar surface area (TPSA) is 64.9 Å². The molecule has 0 amide bonds. The first-order valence-electron chi connectivity index (χ1n) is 6.59. The van der Waals surface area contributed by atoms with Crippen LogP contribution in [0.2, 0.25) is 5.02 Å². The smallest absolute Gasteiger partial charge is 0.237 e. The maximum Gasteiger partial charge on any atom is 0.237 e. The Morgan fingerprint density at radius 2 is 1.71 bits per heavy atom. The Labute approximate surface area is 127 Å². The van der Waals surface area contributed by atoms with E-state index in [0.717, 1.165) is 11.1 Å². The number of nitrogens with zero attached hydrogens (tertiary/aromatic N) is 2. The van der Waals surface area contributed by atoms with Crippen LogP contribution in [0.5, 0.6) is 0 Å². The molecule has 0 spiro atoms. The van der Waals surface area contributed by atoms with Gasteiger partial charge >= 0.3 is 0 Å². The zero-order chi connectivity index (χ0) is 14.7. The summed E-state index contributed by atoms with van der Waals surface area (Å²) in [4.78, 5) is 0.